The number of benzene rings is 1. The first-order chi connectivity index (χ1) is 12.0. The van der Waals surface area contributed by atoms with Crippen LogP contribution in [0.2, 0.25) is 3.12 Å². The van der Waals surface area contributed by atoms with Gasteiger partial charge in [-0.3, -0.25) is 0 Å². The molecule has 2 aliphatic carbocycles. The van der Waals surface area contributed by atoms with E-state index < -0.39 is 23.2 Å². The van der Waals surface area contributed by atoms with Crippen LogP contribution in [0, 0.1) is 0 Å². The number of hydrogen-bond acceptors (Lipinski definition) is 0. The van der Waals surface area contributed by atoms with E-state index in [0.717, 1.165) is 3.63 Å². The molecule has 0 N–H and O–H groups in total. The van der Waals surface area contributed by atoms with Crippen molar-refractivity contribution < 1.29 is 48.0 Å². The smallest absolute Gasteiger partial charge is 1.00 e. The number of unbranched alkanes of at least 4 members (excludes halogenated alkanes) is 1. The maximum Gasteiger partial charge on any atom is -1.00 e. The zero-order chi connectivity index (χ0) is 18.2. The Morgan fingerprint density at radius 2 is 1.52 bits per heavy atom. The van der Waals surface area contributed by atoms with Crippen molar-refractivity contribution in [2.24, 2.45) is 0 Å². The third-order valence-electron chi connectivity index (χ3n) is 6.73. The molecule has 0 bridgehead atoms. The standard InChI is InChI=1S/C13H15.C11H17.2ClH.Zr/c1-2-3-6-11-9-12-7-4-5-8-13(12)10-11;1-6-11-9(4)7(2)8(3)10(11)5;;;/h4-5,7-10H,2-3,6H2,1H3;6H2,1-5H3;2*1H;/q;;;;+2/p-2. The van der Waals surface area contributed by atoms with Crippen LogP contribution in [-0.4, -0.2) is 0 Å². The minimum absolute atomic E-state index is 0. The summed E-state index contributed by atoms with van der Waals surface area (Å²) >= 11 is -0.729. The SMILES string of the molecule is CCCCC1=Cc2ccccc2[CH]1[Zr+2][C]1(CC)C(C)=C(C)C(C)=C1C.[Cl-].[Cl-]. The van der Waals surface area contributed by atoms with Crippen molar-refractivity contribution >= 4 is 6.08 Å². The second-order valence-corrected chi connectivity index (χ2v) is 12.0. The molecule has 0 fully saturated rings. The summed E-state index contributed by atoms with van der Waals surface area (Å²) in [7, 11) is 0. The predicted molar refractivity (Wildman–Crippen MR) is 106 cm³/mol. The molecule has 2 aliphatic rings. The second kappa shape index (κ2) is 10.1. The van der Waals surface area contributed by atoms with Crippen LogP contribution >= 0.6 is 0 Å². The fraction of sp³-hybridized carbons (Fsp3) is 0.500. The van der Waals surface area contributed by atoms with E-state index in [1.807, 2.05) is 0 Å². The van der Waals surface area contributed by atoms with Crippen LogP contribution in [0.5, 0.6) is 0 Å². The molecule has 1 unspecified atom stereocenters. The van der Waals surface area contributed by atoms with Crippen molar-refractivity contribution in [2.75, 3.05) is 0 Å². The first kappa shape index (κ1) is 24.9. The van der Waals surface area contributed by atoms with Crippen LogP contribution in [0.25, 0.3) is 6.08 Å². The zero-order valence-corrected chi connectivity index (χ0v) is 21.5. The quantitative estimate of drug-likeness (QED) is 0.579. The molecule has 0 aliphatic heterocycles. The Balaban J connectivity index is 0.00000182. The number of rotatable bonds is 6. The average Bonchev–Trinajstić information content (AvgIpc) is 3.05. The third-order valence-corrected chi connectivity index (χ3v) is 13.0. The second-order valence-electron chi connectivity index (χ2n) is 7.79. The molecule has 1 atom stereocenters. The Hall–Kier alpha value is -0.0969. The Morgan fingerprint density at radius 1 is 0.926 bits per heavy atom. The van der Waals surface area contributed by atoms with Crippen molar-refractivity contribution in [1.29, 1.82) is 0 Å². The van der Waals surface area contributed by atoms with E-state index in [1.165, 1.54) is 31.2 Å². The van der Waals surface area contributed by atoms with Crippen LogP contribution in [-0.2, 0) is 23.2 Å². The third kappa shape index (κ3) is 4.27. The van der Waals surface area contributed by atoms with Gasteiger partial charge in [0.25, 0.3) is 0 Å². The van der Waals surface area contributed by atoms with E-state index in [2.05, 4.69) is 71.9 Å². The minimum atomic E-state index is -0.729. The van der Waals surface area contributed by atoms with Crippen LogP contribution in [0.1, 0.15) is 82.0 Å². The van der Waals surface area contributed by atoms with Gasteiger partial charge >= 0.3 is 167 Å². The molecule has 3 rings (SSSR count). The first-order valence-corrected chi connectivity index (χ1v) is 12.5. The van der Waals surface area contributed by atoms with Crippen LogP contribution < -0.4 is 24.8 Å². The molecule has 146 valence electrons. The fourth-order valence-corrected chi connectivity index (χ4v) is 10.5. The Labute approximate surface area is 190 Å². The summed E-state index contributed by atoms with van der Waals surface area (Å²) in [5, 5.41) is 0. The van der Waals surface area contributed by atoms with Crippen LogP contribution in [0.15, 0.2) is 52.1 Å². The molecule has 0 heterocycles. The van der Waals surface area contributed by atoms with Gasteiger partial charge in [-0.05, 0) is 0 Å². The topological polar surface area (TPSA) is 0 Å². The van der Waals surface area contributed by atoms with Crippen LogP contribution in [0.3, 0.4) is 0 Å². The summed E-state index contributed by atoms with van der Waals surface area (Å²) < 4.78 is 1.18. The number of fused-ring (bicyclic) bond motifs is 1. The largest absolute Gasteiger partial charge is 1.00 e. The van der Waals surface area contributed by atoms with E-state index in [-0.39, 0.29) is 24.8 Å². The molecule has 1 aromatic rings. The molecule has 0 saturated carbocycles. The van der Waals surface area contributed by atoms with Gasteiger partial charge in [-0.1, -0.05) is 0 Å². The number of allylic oxidation sites excluding steroid dienone is 5. The molecule has 1 aromatic carbocycles. The van der Waals surface area contributed by atoms with E-state index in [0.29, 0.717) is 3.12 Å². The van der Waals surface area contributed by atoms with Crippen molar-refractivity contribution in [1.82, 2.24) is 0 Å². The van der Waals surface area contributed by atoms with E-state index >= 15 is 0 Å². The zero-order valence-electron chi connectivity index (χ0n) is 17.5. The maximum absolute atomic E-state index is 2.53. The van der Waals surface area contributed by atoms with Crippen molar-refractivity contribution in [3.8, 4) is 0 Å². The van der Waals surface area contributed by atoms with Gasteiger partial charge in [-0.25, -0.2) is 0 Å². The fourth-order valence-electron chi connectivity index (χ4n) is 4.74. The summed E-state index contributed by atoms with van der Waals surface area (Å²) in [6.45, 7) is 14.3. The summed E-state index contributed by atoms with van der Waals surface area (Å²) in [4.78, 5) is 0. The van der Waals surface area contributed by atoms with Crippen LogP contribution in [0.4, 0.5) is 0 Å². The van der Waals surface area contributed by atoms with Crippen molar-refractivity contribution in [2.45, 2.75) is 74.0 Å². The minimum Gasteiger partial charge on any atom is -1.00 e. The summed E-state index contributed by atoms with van der Waals surface area (Å²) in [5.41, 5.74) is 11.4. The monoisotopic (exact) mass is 480 g/mol. The summed E-state index contributed by atoms with van der Waals surface area (Å²) in [5.74, 6) is 0. The van der Waals surface area contributed by atoms with E-state index in [1.54, 1.807) is 33.4 Å². The number of hydrogen-bond donors (Lipinski definition) is 0. The van der Waals surface area contributed by atoms with Gasteiger partial charge in [0, 0.05) is 0 Å². The molecule has 0 nitrogen and oxygen atoms in total. The van der Waals surface area contributed by atoms with Gasteiger partial charge in [-0.15, -0.1) is 0 Å². The molecule has 0 radical (unpaired) electrons. The van der Waals surface area contributed by atoms with Crippen molar-refractivity contribution in [3.05, 3.63) is 63.3 Å². The molecule has 27 heavy (non-hydrogen) atoms. The molecular weight excluding hydrogens is 450 g/mol. The molecule has 3 heteroatoms. The normalized spacial score (nSPS) is 19.9. The predicted octanol–water partition coefficient (Wildman–Crippen LogP) is 1.66. The van der Waals surface area contributed by atoms with Gasteiger partial charge in [0.05, 0.1) is 0 Å². The van der Waals surface area contributed by atoms with Gasteiger partial charge < -0.3 is 24.8 Å². The summed E-state index contributed by atoms with van der Waals surface area (Å²) in [6.07, 6.45) is 7.73. The molecule has 0 amide bonds. The molecule has 0 spiro atoms. The number of halogens is 2. The summed E-state index contributed by atoms with van der Waals surface area (Å²) in [6, 6.07) is 9.19. The van der Waals surface area contributed by atoms with Gasteiger partial charge in [0.2, 0.25) is 0 Å². The average molecular weight is 483 g/mol. The Bertz CT molecular complexity index is 746. The molecular formula is C24H32Cl2Zr. The van der Waals surface area contributed by atoms with Gasteiger partial charge in [-0.2, -0.15) is 0 Å². The Kier molecular flexibility index (Phi) is 9.32. The van der Waals surface area contributed by atoms with E-state index in [4.69, 9.17) is 0 Å². The van der Waals surface area contributed by atoms with Crippen molar-refractivity contribution in [3.63, 3.8) is 0 Å². The van der Waals surface area contributed by atoms with Gasteiger partial charge in [0.1, 0.15) is 0 Å². The maximum atomic E-state index is 2.53. The molecule has 0 saturated heterocycles. The molecule has 0 aromatic heterocycles. The Morgan fingerprint density at radius 3 is 2.07 bits per heavy atom. The first-order valence-electron chi connectivity index (χ1n) is 9.89. The van der Waals surface area contributed by atoms with Gasteiger partial charge in [0.15, 0.2) is 0 Å². The van der Waals surface area contributed by atoms with E-state index in [9.17, 15) is 0 Å².